The highest BCUT2D eigenvalue weighted by molar-refractivity contribution is 5.56. The summed E-state index contributed by atoms with van der Waals surface area (Å²) in [5, 5.41) is 0. The van der Waals surface area contributed by atoms with Crippen LogP contribution in [0.5, 0.6) is 5.75 Å². The average molecular weight is 482 g/mol. The molecule has 1 saturated heterocycles. The third kappa shape index (κ3) is 5.26. The smallest absolute Gasteiger partial charge is 0.200 e. The molecule has 5 rings (SSSR count). The third-order valence-electron chi connectivity index (χ3n) is 6.59. The molecule has 0 bridgehead atoms. The molecule has 7 nitrogen and oxygen atoms in total. The normalized spacial score (nSPS) is 18.4. The summed E-state index contributed by atoms with van der Waals surface area (Å²) in [4.78, 5) is 17.9. The van der Waals surface area contributed by atoms with Crippen molar-refractivity contribution in [2.45, 2.75) is 25.8 Å². The molecule has 2 aliphatic rings. The van der Waals surface area contributed by atoms with Crippen molar-refractivity contribution in [3.8, 4) is 17.3 Å². The zero-order valence-electron chi connectivity index (χ0n) is 19.8. The van der Waals surface area contributed by atoms with E-state index in [0.29, 0.717) is 31.1 Å². The zero-order valence-corrected chi connectivity index (χ0v) is 19.8. The van der Waals surface area contributed by atoms with Crippen LogP contribution in [0.3, 0.4) is 0 Å². The molecule has 184 valence electrons. The Kier molecular flexibility index (Phi) is 7.15. The van der Waals surface area contributed by atoms with Crippen LogP contribution in [0.15, 0.2) is 42.7 Å². The molecule has 0 spiro atoms. The van der Waals surface area contributed by atoms with Crippen LogP contribution in [0.25, 0.3) is 11.5 Å². The molecule has 4 heterocycles. The molecule has 1 unspecified atom stereocenters. The summed E-state index contributed by atoms with van der Waals surface area (Å²) < 4.78 is 40.1. The van der Waals surface area contributed by atoms with Crippen molar-refractivity contribution in [2.24, 2.45) is 0 Å². The predicted molar refractivity (Wildman–Crippen MR) is 128 cm³/mol. The number of hydrogen-bond donors (Lipinski definition) is 0. The van der Waals surface area contributed by atoms with E-state index in [1.165, 1.54) is 6.07 Å². The van der Waals surface area contributed by atoms with Gasteiger partial charge in [0.2, 0.25) is 5.82 Å². The van der Waals surface area contributed by atoms with Crippen molar-refractivity contribution in [3.05, 3.63) is 65.6 Å². The summed E-state index contributed by atoms with van der Waals surface area (Å²) in [5.74, 6) is -1.33. The molecule has 0 saturated carbocycles. The van der Waals surface area contributed by atoms with Crippen LogP contribution in [-0.4, -0.2) is 65.9 Å². The number of pyridine rings is 1. The topological polar surface area (TPSA) is 63.6 Å². The Labute approximate surface area is 203 Å². The minimum Gasteiger partial charge on any atom is -0.490 e. The van der Waals surface area contributed by atoms with Gasteiger partial charge in [-0.2, -0.15) is 4.39 Å². The van der Waals surface area contributed by atoms with Crippen molar-refractivity contribution in [1.29, 1.82) is 0 Å². The Morgan fingerprint density at radius 3 is 2.77 bits per heavy atom. The number of aromatic nitrogens is 3. The highest BCUT2D eigenvalue weighted by atomic mass is 19.2. The largest absolute Gasteiger partial charge is 0.490 e. The first-order chi connectivity index (χ1) is 17.1. The Morgan fingerprint density at radius 1 is 1.11 bits per heavy atom. The standard InChI is InChI=1S/C26H29F2N5O2/c1-18-20-17-30-26(23-5-2-3-7-29-23)31-22(20)6-9-33(18)19-15-21(27)25(28)24(16-19)35-12-4-8-32-10-13-34-14-11-32/h2-3,5,7,15-18H,4,6,8-14H2,1H3. The van der Waals surface area contributed by atoms with Crippen LogP contribution in [0.2, 0.25) is 0 Å². The molecule has 0 aliphatic carbocycles. The molecular formula is C26H29F2N5O2. The van der Waals surface area contributed by atoms with Crippen molar-refractivity contribution >= 4 is 5.69 Å². The van der Waals surface area contributed by atoms with E-state index in [1.807, 2.05) is 36.2 Å². The quantitative estimate of drug-likeness (QED) is 0.472. The van der Waals surface area contributed by atoms with Crippen molar-refractivity contribution in [2.75, 3.05) is 50.9 Å². The molecule has 3 aromatic rings. The van der Waals surface area contributed by atoms with Gasteiger partial charge < -0.3 is 14.4 Å². The Bertz CT molecular complexity index is 1160. The summed E-state index contributed by atoms with van der Waals surface area (Å²) in [6.07, 6.45) is 4.92. The number of benzene rings is 1. The van der Waals surface area contributed by atoms with Gasteiger partial charge in [-0.3, -0.25) is 9.88 Å². The molecule has 1 aromatic carbocycles. The number of nitrogens with zero attached hydrogens (tertiary/aromatic N) is 5. The summed E-state index contributed by atoms with van der Waals surface area (Å²) >= 11 is 0. The first-order valence-corrected chi connectivity index (χ1v) is 12.1. The zero-order chi connectivity index (χ0) is 24.2. The van der Waals surface area contributed by atoms with Gasteiger partial charge in [0.05, 0.1) is 31.6 Å². The molecular weight excluding hydrogens is 452 g/mol. The number of fused-ring (bicyclic) bond motifs is 1. The summed E-state index contributed by atoms with van der Waals surface area (Å²) in [6, 6.07) is 8.37. The van der Waals surface area contributed by atoms with Crippen LogP contribution in [0, 0.1) is 11.6 Å². The van der Waals surface area contributed by atoms with Crippen LogP contribution in [-0.2, 0) is 11.2 Å². The van der Waals surface area contributed by atoms with Gasteiger partial charge in [-0.1, -0.05) is 6.07 Å². The van der Waals surface area contributed by atoms with E-state index in [9.17, 15) is 8.78 Å². The number of ether oxygens (including phenoxy) is 2. The lowest BCUT2D eigenvalue weighted by Gasteiger charge is -2.36. The molecule has 0 N–H and O–H groups in total. The lowest BCUT2D eigenvalue weighted by Crippen LogP contribution is -2.37. The van der Waals surface area contributed by atoms with Gasteiger partial charge in [0.25, 0.3) is 0 Å². The molecule has 0 amide bonds. The molecule has 1 atom stereocenters. The molecule has 35 heavy (non-hydrogen) atoms. The van der Waals surface area contributed by atoms with E-state index in [4.69, 9.17) is 14.5 Å². The number of rotatable bonds is 7. The lowest BCUT2D eigenvalue weighted by atomic mass is 9.98. The molecule has 2 aliphatic heterocycles. The molecule has 9 heteroatoms. The second kappa shape index (κ2) is 10.6. The number of halogens is 2. The maximum Gasteiger partial charge on any atom is 0.200 e. The first-order valence-electron chi connectivity index (χ1n) is 12.1. The van der Waals surface area contributed by atoms with E-state index in [-0.39, 0.29) is 11.8 Å². The summed E-state index contributed by atoms with van der Waals surface area (Å²) in [5.41, 5.74) is 3.22. The number of anilines is 1. The second-order valence-electron chi connectivity index (χ2n) is 8.83. The fraction of sp³-hybridized carbons (Fsp3) is 0.423. The van der Waals surface area contributed by atoms with Gasteiger partial charge in [0.15, 0.2) is 17.4 Å². The SMILES string of the molecule is CC1c2cnc(-c3ccccn3)nc2CCN1c1cc(F)c(F)c(OCCCN2CCOCC2)c1. The van der Waals surface area contributed by atoms with Gasteiger partial charge in [-0.15, -0.1) is 0 Å². The van der Waals surface area contributed by atoms with Gasteiger partial charge in [0.1, 0.15) is 5.69 Å². The minimum atomic E-state index is -0.950. The molecule has 2 aromatic heterocycles. The lowest BCUT2D eigenvalue weighted by molar-refractivity contribution is 0.0357. The van der Waals surface area contributed by atoms with Crippen LogP contribution < -0.4 is 9.64 Å². The van der Waals surface area contributed by atoms with Gasteiger partial charge >= 0.3 is 0 Å². The number of morpholine rings is 1. The minimum absolute atomic E-state index is 0.0540. The summed E-state index contributed by atoms with van der Waals surface area (Å²) in [7, 11) is 0. The first kappa shape index (κ1) is 23.6. The van der Waals surface area contributed by atoms with E-state index in [2.05, 4.69) is 14.9 Å². The molecule has 1 fully saturated rings. The van der Waals surface area contributed by atoms with E-state index < -0.39 is 11.6 Å². The Balaban J connectivity index is 1.28. The molecule has 0 radical (unpaired) electrons. The maximum atomic E-state index is 14.5. The Morgan fingerprint density at radius 2 is 1.97 bits per heavy atom. The van der Waals surface area contributed by atoms with E-state index >= 15 is 0 Å². The highest BCUT2D eigenvalue weighted by Crippen LogP contribution is 2.36. The predicted octanol–water partition coefficient (Wildman–Crippen LogP) is 4.04. The third-order valence-corrected chi connectivity index (χ3v) is 6.59. The fourth-order valence-corrected chi connectivity index (χ4v) is 4.65. The second-order valence-corrected chi connectivity index (χ2v) is 8.83. The maximum absolute atomic E-state index is 14.5. The number of hydrogen-bond acceptors (Lipinski definition) is 7. The average Bonchev–Trinajstić information content (AvgIpc) is 2.90. The van der Waals surface area contributed by atoms with E-state index in [1.54, 1.807) is 12.3 Å². The van der Waals surface area contributed by atoms with Crippen LogP contribution in [0.1, 0.15) is 30.6 Å². The van der Waals surface area contributed by atoms with Gasteiger partial charge in [-0.25, -0.2) is 14.4 Å². The van der Waals surface area contributed by atoms with Gasteiger partial charge in [0, 0.05) is 68.4 Å². The highest BCUT2D eigenvalue weighted by Gasteiger charge is 2.28. The van der Waals surface area contributed by atoms with E-state index in [0.717, 1.165) is 56.2 Å². The van der Waals surface area contributed by atoms with Crippen molar-refractivity contribution in [3.63, 3.8) is 0 Å². The van der Waals surface area contributed by atoms with Crippen molar-refractivity contribution in [1.82, 2.24) is 19.9 Å². The fourth-order valence-electron chi connectivity index (χ4n) is 4.65. The monoisotopic (exact) mass is 481 g/mol. The summed E-state index contributed by atoms with van der Waals surface area (Å²) in [6.45, 7) is 7.04. The van der Waals surface area contributed by atoms with Gasteiger partial charge in [-0.05, 0) is 25.5 Å². The Hall–Kier alpha value is -3.17. The van der Waals surface area contributed by atoms with Crippen molar-refractivity contribution < 1.29 is 18.3 Å². The van der Waals surface area contributed by atoms with Crippen LogP contribution in [0.4, 0.5) is 14.5 Å². The van der Waals surface area contributed by atoms with Crippen LogP contribution >= 0.6 is 0 Å².